The number of ether oxygens (including phenoxy) is 1. The molecule has 2 aromatic heterocycles. The molecule has 4 nitrogen and oxygen atoms in total. The minimum atomic E-state index is -0.526. The average Bonchev–Trinajstić information content (AvgIpc) is 3.06. The van der Waals surface area contributed by atoms with Crippen molar-refractivity contribution in [2.75, 3.05) is 13.2 Å². The minimum absolute atomic E-state index is 0.231. The van der Waals surface area contributed by atoms with Crippen LogP contribution in [0.25, 0.3) is 0 Å². The average molecular weight is 309 g/mol. The number of aliphatic hydroxyl groups excluding tert-OH is 1. The zero-order chi connectivity index (χ0) is 15.2. The van der Waals surface area contributed by atoms with Gasteiger partial charge in [-0.05, 0) is 44.5 Å². The Labute approximate surface area is 129 Å². The lowest BCUT2D eigenvalue weighted by Gasteiger charge is -2.17. The minimum Gasteiger partial charge on any atom is -0.467 e. The normalized spacial score (nSPS) is 14.3. The maximum atomic E-state index is 9.93. The smallest absolute Gasteiger partial charge is 0.129 e. The molecule has 2 N–H and O–H groups in total. The fourth-order valence-electron chi connectivity index (χ4n) is 2.25. The Morgan fingerprint density at radius 3 is 2.86 bits per heavy atom. The lowest BCUT2D eigenvalue weighted by molar-refractivity contribution is 0.0217. The summed E-state index contributed by atoms with van der Waals surface area (Å²) >= 11 is 1.81. The Bertz CT molecular complexity index is 536. The number of hydrogen-bond donors (Lipinski definition) is 2. The van der Waals surface area contributed by atoms with Gasteiger partial charge in [-0.2, -0.15) is 0 Å². The maximum absolute atomic E-state index is 9.93. The molecule has 0 bridgehead atoms. The van der Waals surface area contributed by atoms with Crippen molar-refractivity contribution in [2.24, 2.45) is 0 Å². The van der Waals surface area contributed by atoms with Crippen LogP contribution in [-0.2, 0) is 11.3 Å². The second-order valence-corrected chi connectivity index (χ2v) is 6.71. The van der Waals surface area contributed by atoms with Crippen LogP contribution in [0.4, 0.5) is 0 Å². The Morgan fingerprint density at radius 1 is 1.43 bits per heavy atom. The maximum Gasteiger partial charge on any atom is 0.129 e. The van der Waals surface area contributed by atoms with Gasteiger partial charge < -0.3 is 19.6 Å². The number of furan rings is 1. The molecule has 0 amide bonds. The summed E-state index contributed by atoms with van der Waals surface area (Å²) in [5.74, 6) is 0.771. The van der Waals surface area contributed by atoms with Gasteiger partial charge in [-0.3, -0.25) is 0 Å². The van der Waals surface area contributed by atoms with E-state index in [0.717, 1.165) is 5.76 Å². The summed E-state index contributed by atoms with van der Waals surface area (Å²) in [6.45, 7) is 7.56. The summed E-state index contributed by atoms with van der Waals surface area (Å²) in [6.07, 6.45) is 1.09. The molecular weight excluding hydrogens is 286 g/mol. The number of thiophene rings is 1. The van der Waals surface area contributed by atoms with Gasteiger partial charge in [0, 0.05) is 22.3 Å². The largest absolute Gasteiger partial charge is 0.467 e. The van der Waals surface area contributed by atoms with Gasteiger partial charge in [0.05, 0.1) is 19.0 Å². The van der Waals surface area contributed by atoms with E-state index >= 15 is 0 Å². The Kier molecular flexibility index (Phi) is 5.99. The number of hydrogen-bond acceptors (Lipinski definition) is 5. The molecule has 0 fully saturated rings. The van der Waals surface area contributed by atoms with Crippen LogP contribution < -0.4 is 5.32 Å². The first-order valence-corrected chi connectivity index (χ1v) is 7.96. The molecule has 0 aliphatic heterocycles. The van der Waals surface area contributed by atoms with Crippen LogP contribution in [0.1, 0.15) is 34.0 Å². The molecule has 116 valence electrons. The van der Waals surface area contributed by atoms with Crippen LogP contribution in [0.3, 0.4) is 0 Å². The van der Waals surface area contributed by atoms with Crippen molar-refractivity contribution in [1.29, 1.82) is 0 Å². The lowest BCUT2D eigenvalue weighted by atomic mass is 10.1. The summed E-state index contributed by atoms with van der Waals surface area (Å²) in [7, 11) is 0. The predicted octanol–water partition coefficient (Wildman–Crippen LogP) is 3.19. The molecule has 0 saturated carbocycles. The number of nitrogens with one attached hydrogen (secondary N) is 1. The Hall–Kier alpha value is -1.14. The SMILES string of the molecule is Cc1cc(C(C)NCC(O)COCc2ccco2)c(C)s1. The number of aryl methyl sites for hydroxylation is 2. The zero-order valence-electron chi connectivity index (χ0n) is 12.8. The van der Waals surface area contributed by atoms with E-state index in [1.165, 1.54) is 15.3 Å². The van der Waals surface area contributed by atoms with Crippen LogP contribution in [0.2, 0.25) is 0 Å². The highest BCUT2D eigenvalue weighted by atomic mass is 32.1. The molecular formula is C16H23NO3S. The molecule has 2 atom stereocenters. The van der Waals surface area contributed by atoms with E-state index < -0.39 is 6.10 Å². The van der Waals surface area contributed by atoms with Crippen LogP contribution in [0.15, 0.2) is 28.9 Å². The third kappa shape index (κ3) is 4.97. The molecule has 2 rings (SSSR count). The molecule has 0 aromatic carbocycles. The van der Waals surface area contributed by atoms with E-state index in [1.807, 2.05) is 12.1 Å². The van der Waals surface area contributed by atoms with Crippen molar-refractivity contribution in [3.8, 4) is 0 Å². The number of rotatable bonds is 8. The van der Waals surface area contributed by atoms with Gasteiger partial charge in [0.2, 0.25) is 0 Å². The predicted molar refractivity (Wildman–Crippen MR) is 84.6 cm³/mol. The molecule has 2 unspecified atom stereocenters. The van der Waals surface area contributed by atoms with Crippen LogP contribution in [0.5, 0.6) is 0 Å². The lowest BCUT2D eigenvalue weighted by Crippen LogP contribution is -2.32. The first-order chi connectivity index (χ1) is 10.1. The van der Waals surface area contributed by atoms with Crippen molar-refractivity contribution in [1.82, 2.24) is 5.32 Å². The van der Waals surface area contributed by atoms with E-state index in [0.29, 0.717) is 19.8 Å². The highest BCUT2D eigenvalue weighted by Gasteiger charge is 2.13. The van der Waals surface area contributed by atoms with Crippen molar-refractivity contribution < 1.29 is 14.3 Å². The summed E-state index contributed by atoms with van der Waals surface area (Å²) in [4.78, 5) is 2.65. The second kappa shape index (κ2) is 7.75. The van der Waals surface area contributed by atoms with Crippen LogP contribution in [0, 0.1) is 13.8 Å². The van der Waals surface area contributed by atoms with E-state index in [1.54, 1.807) is 17.6 Å². The zero-order valence-corrected chi connectivity index (χ0v) is 13.6. The van der Waals surface area contributed by atoms with Gasteiger partial charge in [-0.1, -0.05) is 0 Å². The molecule has 2 aromatic rings. The molecule has 2 heterocycles. The number of aliphatic hydroxyl groups is 1. The first-order valence-electron chi connectivity index (χ1n) is 7.14. The molecule has 0 aliphatic rings. The van der Waals surface area contributed by atoms with E-state index in [9.17, 15) is 5.11 Å². The summed E-state index contributed by atoms with van der Waals surface area (Å²) in [5, 5.41) is 13.3. The Balaban J connectivity index is 1.68. The van der Waals surface area contributed by atoms with Crippen LogP contribution in [-0.4, -0.2) is 24.4 Å². The quantitative estimate of drug-likeness (QED) is 0.786. The first kappa shape index (κ1) is 16.2. The van der Waals surface area contributed by atoms with Crippen molar-refractivity contribution in [3.63, 3.8) is 0 Å². The molecule has 5 heteroatoms. The van der Waals surface area contributed by atoms with E-state index in [2.05, 4.69) is 32.2 Å². The van der Waals surface area contributed by atoms with Crippen molar-refractivity contribution >= 4 is 11.3 Å². The van der Waals surface area contributed by atoms with Gasteiger partial charge in [0.15, 0.2) is 0 Å². The molecule has 0 radical (unpaired) electrons. The second-order valence-electron chi connectivity index (χ2n) is 5.25. The van der Waals surface area contributed by atoms with E-state index in [-0.39, 0.29) is 6.04 Å². The van der Waals surface area contributed by atoms with Crippen LogP contribution >= 0.6 is 11.3 Å². The fraction of sp³-hybridized carbons (Fsp3) is 0.500. The summed E-state index contributed by atoms with van der Waals surface area (Å²) in [6, 6.07) is 6.12. The van der Waals surface area contributed by atoms with Crippen molar-refractivity contribution in [3.05, 3.63) is 45.5 Å². The standard InChI is InChI=1S/C16H23NO3S/c1-11-7-16(13(3)21-11)12(2)17-8-14(18)9-19-10-15-5-4-6-20-15/h4-7,12,14,17-18H,8-10H2,1-3H3. The molecule has 0 spiro atoms. The Morgan fingerprint density at radius 2 is 2.24 bits per heavy atom. The van der Waals surface area contributed by atoms with Gasteiger partial charge in [0.25, 0.3) is 0 Å². The summed E-state index contributed by atoms with van der Waals surface area (Å²) < 4.78 is 10.6. The molecule has 21 heavy (non-hydrogen) atoms. The monoisotopic (exact) mass is 309 g/mol. The fourth-order valence-corrected chi connectivity index (χ4v) is 3.27. The van der Waals surface area contributed by atoms with Gasteiger partial charge in [-0.25, -0.2) is 0 Å². The van der Waals surface area contributed by atoms with Gasteiger partial charge in [-0.15, -0.1) is 11.3 Å². The van der Waals surface area contributed by atoms with Gasteiger partial charge >= 0.3 is 0 Å². The topological polar surface area (TPSA) is 54.6 Å². The van der Waals surface area contributed by atoms with E-state index in [4.69, 9.17) is 9.15 Å². The van der Waals surface area contributed by atoms with Gasteiger partial charge in [0.1, 0.15) is 12.4 Å². The third-order valence-corrected chi connectivity index (χ3v) is 4.32. The van der Waals surface area contributed by atoms with Crippen molar-refractivity contribution in [2.45, 2.75) is 39.5 Å². The molecule has 0 aliphatic carbocycles. The molecule has 0 saturated heterocycles. The highest BCUT2D eigenvalue weighted by Crippen LogP contribution is 2.25. The summed E-state index contributed by atoms with van der Waals surface area (Å²) in [5.41, 5.74) is 1.31. The highest BCUT2D eigenvalue weighted by molar-refractivity contribution is 7.12. The third-order valence-electron chi connectivity index (χ3n) is 3.34.